The van der Waals surface area contributed by atoms with Crippen LogP contribution in [0.2, 0.25) is 0 Å². The second-order valence-electron chi connectivity index (χ2n) is 5.52. The molecule has 1 fully saturated rings. The van der Waals surface area contributed by atoms with Crippen molar-refractivity contribution in [3.05, 3.63) is 35.9 Å². The van der Waals surface area contributed by atoms with Crippen LogP contribution in [0.5, 0.6) is 0 Å². The zero-order valence-electron chi connectivity index (χ0n) is 13.4. The maximum Gasteiger partial charge on any atom is 0.191 e. The Balaban J connectivity index is 0.00000242. The Hall–Kier alpha value is -0.820. The number of benzene rings is 1. The normalized spacial score (nSPS) is 16.0. The highest BCUT2D eigenvalue weighted by molar-refractivity contribution is 14.0. The number of rotatable bonds is 6. The maximum atomic E-state index is 5.66. The number of ether oxygens (including phenoxy) is 1. The highest BCUT2D eigenvalue weighted by Crippen LogP contribution is 2.17. The van der Waals surface area contributed by atoms with E-state index in [0.29, 0.717) is 19.3 Å². The summed E-state index contributed by atoms with van der Waals surface area (Å²) in [5.74, 6) is 0.894. The summed E-state index contributed by atoms with van der Waals surface area (Å²) in [6.07, 6.45) is 6.54. The summed E-state index contributed by atoms with van der Waals surface area (Å²) in [5, 5.41) is 6.81. The van der Waals surface area contributed by atoms with Crippen molar-refractivity contribution in [3.63, 3.8) is 0 Å². The van der Waals surface area contributed by atoms with E-state index >= 15 is 0 Å². The molecule has 22 heavy (non-hydrogen) atoms. The molecule has 1 aliphatic rings. The van der Waals surface area contributed by atoms with Gasteiger partial charge in [-0.3, -0.25) is 4.99 Å². The Morgan fingerprint density at radius 3 is 2.59 bits per heavy atom. The quantitative estimate of drug-likeness (QED) is 0.323. The number of halogens is 1. The summed E-state index contributed by atoms with van der Waals surface area (Å²) in [4.78, 5) is 4.28. The molecule has 1 aliphatic carbocycles. The fourth-order valence-corrected chi connectivity index (χ4v) is 2.64. The third kappa shape index (κ3) is 7.45. The van der Waals surface area contributed by atoms with Crippen LogP contribution in [-0.2, 0) is 11.3 Å². The van der Waals surface area contributed by atoms with Crippen LogP contribution < -0.4 is 10.6 Å². The first-order valence-electron chi connectivity index (χ1n) is 7.97. The van der Waals surface area contributed by atoms with Crippen LogP contribution in [0.3, 0.4) is 0 Å². The molecule has 4 nitrogen and oxygen atoms in total. The number of nitrogens with zero attached hydrogens (tertiary/aromatic N) is 1. The number of guanidine groups is 1. The molecule has 1 aromatic rings. The molecule has 0 aromatic heterocycles. The van der Waals surface area contributed by atoms with Crippen LogP contribution in [0, 0.1) is 0 Å². The highest BCUT2D eigenvalue weighted by Gasteiger charge is 2.13. The van der Waals surface area contributed by atoms with Gasteiger partial charge < -0.3 is 15.4 Å². The summed E-state index contributed by atoms with van der Waals surface area (Å²) in [6, 6.07) is 10.8. The largest absolute Gasteiger partial charge is 0.375 e. The SMILES string of the molecule is CN=C(NCCOCc1ccccc1)NC1CCCCC1.I. The van der Waals surface area contributed by atoms with Gasteiger partial charge in [-0.2, -0.15) is 0 Å². The topological polar surface area (TPSA) is 45.7 Å². The average Bonchev–Trinajstić information content (AvgIpc) is 2.55. The zero-order chi connectivity index (χ0) is 14.8. The number of hydrogen-bond donors (Lipinski definition) is 2. The molecule has 1 aromatic carbocycles. The van der Waals surface area contributed by atoms with Crippen LogP contribution in [0.1, 0.15) is 37.7 Å². The number of aliphatic imine (C=N–C) groups is 1. The Morgan fingerprint density at radius 1 is 1.18 bits per heavy atom. The van der Waals surface area contributed by atoms with Crippen molar-refractivity contribution in [2.45, 2.75) is 44.8 Å². The van der Waals surface area contributed by atoms with Gasteiger partial charge >= 0.3 is 0 Å². The Morgan fingerprint density at radius 2 is 1.91 bits per heavy atom. The fraction of sp³-hybridized carbons (Fsp3) is 0.588. The minimum absolute atomic E-state index is 0. The summed E-state index contributed by atoms with van der Waals surface area (Å²) in [7, 11) is 1.82. The van der Waals surface area contributed by atoms with Crippen LogP contribution >= 0.6 is 24.0 Å². The standard InChI is InChI=1S/C17H27N3O.HI/c1-18-17(20-16-10-6-3-7-11-16)19-12-13-21-14-15-8-4-2-5-9-15;/h2,4-5,8-9,16H,3,6-7,10-14H2,1H3,(H2,18,19,20);1H. The van der Waals surface area contributed by atoms with Gasteiger partial charge in [0.1, 0.15) is 0 Å². The lowest BCUT2D eigenvalue weighted by atomic mass is 9.96. The molecule has 0 heterocycles. The van der Waals surface area contributed by atoms with Gasteiger partial charge in [-0.15, -0.1) is 24.0 Å². The van der Waals surface area contributed by atoms with Gasteiger partial charge in [0.05, 0.1) is 13.2 Å². The van der Waals surface area contributed by atoms with E-state index in [1.807, 2.05) is 25.2 Å². The summed E-state index contributed by atoms with van der Waals surface area (Å²) >= 11 is 0. The lowest BCUT2D eigenvalue weighted by Crippen LogP contribution is -2.45. The zero-order valence-corrected chi connectivity index (χ0v) is 15.7. The first-order chi connectivity index (χ1) is 10.4. The van der Waals surface area contributed by atoms with Gasteiger partial charge in [-0.25, -0.2) is 0 Å². The number of hydrogen-bond acceptors (Lipinski definition) is 2. The molecule has 5 heteroatoms. The van der Waals surface area contributed by atoms with Crippen LogP contribution in [-0.4, -0.2) is 32.2 Å². The lowest BCUT2D eigenvalue weighted by molar-refractivity contribution is 0.125. The van der Waals surface area contributed by atoms with Gasteiger partial charge in [-0.05, 0) is 18.4 Å². The molecule has 0 bridgehead atoms. The molecule has 0 saturated heterocycles. The van der Waals surface area contributed by atoms with E-state index in [1.54, 1.807) is 0 Å². The highest BCUT2D eigenvalue weighted by atomic mass is 127. The molecule has 124 valence electrons. The Kier molecular flexibility index (Phi) is 10.2. The van der Waals surface area contributed by atoms with Gasteiger partial charge in [0, 0.05) is 19.6 Å². The van der Waals surface area contributed by atoms with E-state index in [1.165, 1.54) is 37.7 Å². The van der Waals surface area contributed by atoms with Gasteiger partial charge in [-0.1, -0.05) is 49.6 Å². The molecule has 0 radical (unpaired) electrons. The predicted molar refractivity (Wildman–Crippen MR) is 103 cm³/mol. The van der Waals surface area contributed by atoms with E-state index < -0.39 is 0 Å². The lowest BCUT2D eigenvalue weighted by Gasteiger charge is -2.24. The molecule has 0 amide bonds. The molecule has 0 unspecified atom stereocenters. The van der Waals surface area contributed by atoms with Crippen molar-refractivity contribution in [2.24, 2.45) is 4.99 Å². The van der Waals surface area contributed by atoms with Crippen molar-refractivity contribution in [1.82, 2.24) is 10.6 Å². The molecule has 0 atom stereocenters. The van der Waals surface area contributed by atoms with E-state index in [4.69, 9.17) is 4.74 Å². The second kappa shape index (κ2) is 11.7. The van der Waals surface area contributed by atoms with Gasteiger partial charge in [0.15, 0.2) is 5.96 Å². The van der Waals surface area contributed by atoms with E-state index in [-0.39, 0.29) is 24.0 Å². The number of nitrogens with one attached hydrogen (secondary N) is 2. The van der Waals surface area contributed by atoms with Crippen molar-refractivity contribution < 1.29 is 4.74 Å². The first-order valence-corrected chi connectivity index (χ1v) is 7.97. The third-order valence-corrected chi connectivity index (χ3v) is 3.82. The minimum atomic E-state index is 0. The average molecular weight is 417 g/mol. The Labute approximate surface area is 151 Å². The van der Waals surface area contributed by atoms with Crippen molar-refractivity contribution in [2.75, 3.05) is 20.2 Å². The summed E-state index contributed by atoms with van der Waals surface area (Å²) in [5.41, 5.74) is 1.21. The smallest absolute Gasteiger partial charge is 0.191 e. The van der Waals surface area contributed by atoms with Gasteiger partial charge in [0.2, 0.25) is 0 Å². The van der Waals surface area contributed by atoms with E-state index in [2.05, 4.69) is 27.8 Å². The minimum Gasteiger partial charge on any atom is -0.375 e. The third-order valence-electron chi connectivity index (χ3n) is 3.82. The second-order valence-corrected chi connectivity index (χ2v) is 5.52. The molecule has 0 spiro atoms. The van der Waals surface area contributed by atoms with Crippen molar-refractivity contribution >= 4 is 29.9 Å². The van der Waals surface area contributed by atoms with Crippen LogP contribution in [0.4, 0.5) is 0 Å². The van der Waals surface area contributed by atoms with E-state index in [0.717, 1.165) is 12.5 Å². The molecule has 2 rings (SSSR count). The fourth-order valence-electron chi connectivity index (χ4n) is 2.64. The summed E-state index contributed by atoms with van der Waals surface area (Å²) < 4.78 is 5.66. The van der Waals surface area contributed by atoms with Gasteiger partial charge in [0.25, 0.3) is 0 Å². The maximum absolute atomic E-state index is 5.66. The molecule has 2 N–H and O–H groups in total. The molecular formula is C17H28IN3O. The molecule has 1 saturated carbocycles. The molecular weight excluding hydrogens is 389 g/mol. The van der Waals surface area contributed by atoms with Crippen LogP contribution in [0.15, 0.2) is 35.3 Å². The molecule has 0 aliphatic heterocycles. The van der Waals surface area contributed by atoms with E-state index in [9.17, 15) is 0 Å². The first kappa shape index (κ1) is 19.2. The van der Waals surface area contributed by atoms with Crippen molar-refractivity contribution in [1.29, 1.82) is 0 Å². The van der Waals surface area contributed by atoms with Crippen molar-refractivity contribution in [3.8, 4) is 0 Å². The Bertz CT molecular complexity index is 419. The predicted octanol–water partition coefficient (Wildman–Crippen LogP) is 3.32. The summed E-state index contributed by atoms with van der Waals surface area (Å²) in [6.45, 7) is 2.12. The monoisotopic (exact) mass is 417 g/mol. The van der Waals surface area contributed by atoms with Crippen LogP contribution in [0.25, 0.3) is 0 Å².